The van der Waals surface area contributed by atoms with Gasteiger partial charge in [-0.25, -0.2) is 4.79 Å². The lowest BCUT2D eigenvalue weighted by Gasteiger charge is -2.18. The van der Waals surface area contributed by atoms with E-state index in [0.29, 0.717) is 0 Å². The SMILES string of the molecule is COc1ccccc1C(C)CC(=O)N[C@H](Cc1ccccc1)C(=O)O. The van der Waals surface area contributed by atoms with Crippen LogP contribution >= 0.6 is 0 Å². The predicted octanol–water partition coefficient (Wildman–Crippen LogP) is 3.00. The van der Waals surface area contributed by atoms with Crippen LogP contribution in [0.5, 0.6) is 5.75 Å². The van der Waals surface area contributed by atoms with E-state index in [0.717, 1.165) is 16.9 Å². The van der Waals surface area contributed by atoms with Crippen molar-refractivity contribution < 1.29 is 19.4 Å². The van der Waals surface area contributed by atoms with Crippen molar-refractivity contribution >= 4 is 11.9 Å². The van der Waals surface area contributed by atoms with E-state index in [2.05, 4.69) is 5.32 Å². The molecule has 0 aliphatic heterocycles. The number of carboxylic acid groups (broad SMARTS) is 1. The molecule has 0 spiro atoms. The fourth-order valence-electron chi connectivity index (χ4n) is 2.76. The Morgan fingerprint density at radius 2 is 1.72 bits per heavy atom. The summed E-state index contributed by atoms with van der Waals surface area (Å²) in [7, 11) is 1.59. The van der Waals surface area contributed by atoms with Crippen LogP contribution in [-0.2, 0) is 16.0 Å². The summed E-state index contributed by atoms with van der Waals surface area (Å²) in [4.78, 5) is 23.8. The molecule has 5 heteroatoms. The molecule has 2 atom stereocenters. The first-order valence-corrected chi connectivity index (χ1v) is 8.20. The standard InChI is InChI=1S/C20H23NO4/c1-14(16-10-6-7-11-18(16)25-2)12-19(22)21-17(20(23)24)13-15-8-4-3-5-9-15/h3-11,14,17H,12-13H2,1-2H3,(H,21,22)(H,23,24)/t14?,17-/m1/s1. The van der Waals surface area contributed by atoms with Crippen LogP contribution in [0, 0.1) is 0 Å². The van der Waals surface area contributed by atoms with Crippen LogP contribution < -0.4 is 10.1 Å². The Bertz CT molecular complexity index is 715. The van der Waals surface area contributed by atoms with Gasteiger partial charge in [0.2, 0.25) is 5.91 Å². The number of carboxylic acids is 1. The number of amides is 1. The van der Waals surface area contributed by atoms with Gasteiger partial charge in [0.15, 0.2) is 0 Å². The van der Waals surface area contributed by atoms with Crippen LogP contribution in [-0.4, -0.2) is 30.1 Å². The topological polar surface area (TPSA) is 75.6 Å². The molecule has 2 N–H and O–H groups in total. The number of ether oxygens (including phenoxy) is 1. The van der Waals surface area contributed by atoms with Gasteiger partial charge in [-0.15, -0.1) is 0 Å². The lowest BCUT2D eigenvalue weighted by Crippen LogP contribution is -2.42. The first-order chi connectivity index (χ1) is 12.0. The highest BCUT2D eigenvalue weighted by atomic mass is 16.5. The molecule has 0 aliphatic rings. The fraction of sp³-hybridized carbons (Fsp3) is 0.300. The number of nitrogens with one attached hydrogen (secondary N) is 1. The van der Waals surface area contributed by atoms with Crippen molar-refractivity contribution in [1.29, 1.82) is 0 Å². The van der Waals surface area contributed by atoms with Crippen molar-refractivity contribution in [3.05, 3.63) is 65.7 Å². The monoisotopic (exact) mass is 341 g/mol. The van der Waals surface area contributed by atoms with Gasteiger partial charge in [-0.2, -0.15) is 0 Å². The molecule has 0 aliphatic carbocycles. The van der Waals surface area contributed by atoms with E-state index in [1.807, 2.05) is 61.5 Å². The Kier molecular flexibility index (Phi) is 6.57. The second kappa shape index (κ2) is 8.87. The molecule has 25 heavy (non-hydrogen) atoms. The van der Waals surface area contributed by atoms with Gasteiger partial charge in [-0.05, 0) is 23.1 Å². The summed E-state index contributed by atoms with van der Waals surface area (Å²) >= 11 is 0. The van der Waals surface area contributed by atoms with E-state index in [1.54, 1.807) is 7.11 Å². The number of hydrogen-bond donors (Lipinski definition) is 2. The summed E-state index contributed by atoms with van der Waals surface area (Å²) in [5, 5.41) is 12.0. The number of benzene rings is 2. The van der Waals surface area contributed by atoms with Gasteiger partial charge in [0.25, 0.3) is 0 Å². The molecule has 132 valence electrons. The predicted molar refractivity (Wildman–Crippen MR) is 95.7 cm³/mol. The number of methoxy groups -OCH3 is 1. The van der Waals surface area contributed by atoms with Gasteiger partial charge in [0.1, 0.15) is 11.8 Å². The normalized spacial score (nSPS) is 12.9. The van der Waals surface area contributed by atoms with Crippen molar-refractivity contribution in [2.75, 3.05) is 7.11 Å². The Morgan fingerprint density at radius 3 is 2.36 bits per heavy atom. The molecule has 0 saturated carbocycles. The minimum Gasteiger partial charge on any atom is -0.496 e. The third-order valence-electron chi connectivity index (χ3n) is 4.08. The minimum atomic E-state index is -1.04. The molecular weight excluding hydrogens is 318 g/mol. The molecule has 0 radical (unpaired) electrons. The van der Waals surface area contributed by atoms with Crippen LogP contribution in [0.4, 0.5) is 0 Å². The molecule has 2 aromatic carbocycles. The van der Waals surface area contributed by atoms with Crippen molar-refractivity contribution in [3.8, 4) is 5.75 Å². The van der Waals surface area contributed by atoms with Crippen LogP contribution in [0.1, 0.15) is 30.4 Å². The molecule has 0 saturated heterocycles. The second-order valence-corrected chi connectivity index (χ2v) is 6.00. The van der Waals surface area contributed by atoms with E-state index < -0.39 is 12.0 Å². The van der Waals surface area contributed by atoms with E-state index in [-0.39, 0.29) is 24.7 Å². The van der Waals surface area contributed by atoms with Gasteiger partial charge >= 0.3 is 5.97 Å². The molecule has 2 aromatic rings. The summed E-state index contributed by atoms with van der Waals surface area (Å²) in [5.41, 5.74) is 1.79. The summed E-state index contributed by atoms with van der Waals surface area (Å²) in [5.74, 6) is -0.687. The van der Waals surface area contributed by atoms with Crippen LogP contribution in [0.2, 0.25) is 0 Å². The molecule has 0 fully saturated rings. The number of aliphatic carboxylic acids is 1. The van der Waals surface area contributed by atoms with Crippen LogP contribution in [0.3, 0.4) is 0 Å². The molecule has 0 aromatic heterocycles. The van der Waals surface area contributed by atoms with Crippen molar-refractivity contribution in [2.45, 2.75) is 31.7 Å². The highest BCUT2D eigenvalue weighted by Gasteiger charge is 2.22. The number of carbonyl (C=O) groups is 2. The van der Waals surface area contributed by atoms with Gasteiger partial charge in [0.05, 0.1) is 7.11 Å². The Labute approximate surface area is 147 Å². The Balaban J connectivity index is 2.00. The van der Waals surface area contributed by atoms with E-state index >= 15 is 0 Å². The molecule has 0 bridgehead atoms. The quantitative estimate of drug-likeness (QED) is 0.774. The zero-order valence-electron chi connectivity index (χ0n) is 14.4. The summed E-state index contributed by atoms with van der Waals surface area (Å²) < 4.78 is 5.32. The molecule has 5 nitrogen and oxygen atoms in total. The highest BCUT2D eigenvalue weighted by Crippen LogP contribution is 2.28. The average molecular weight is 341 g/mol. The lowest BCUT2D eigenvalue weighted by atomic mass is 9.96. The number of carbonyl (C=O) groups excluding carboxylic acids is 1. The maximum Gasteiger partial charge on any atom is 0.326 e. The van der Waals surface area contributed by atoms with Crippen LogP contribution in [0.15, 0.2) is 54.6 Å². The third kappa shape index (κ3) is 5.35. The molecule has 0 heterocycles. The van der Waals surface area contributed by atoms with Gasteiger partial charge in [-0.1, -0.05) is 55.5 Å². The smallest absolute Gasteiger partial charge is 0.326 e. The molecule has 1 unspecified atom stereocenters. The zero-order valence-corrected chi connectivity index (χ0v) is 14.4. The summed E-state index contributed by atoms with van der Waals surface area (Å²) in [6.07, 6.45) is 0.448. The van der Waals surface area contributed by atoms with E-state index in [4.69, 9.17) is 4.74 Å². The Hall–Kier alpha value is -2.82. The van der Waals surface area contributed by atoms with E-state index in [9.17, 15) is 14.7 Å². The lowest BCUT2D eigenvalue weighted by molar-refractivity contribution is -0.141. The fourth-order valence-corrected chi connectivity index (χ4v) is 2.76. The van der Waals surface area contributed by atoms with Crippen molar-refractivity contribution in [3.63, 3.8) is 0 Å². The number of para-hydroxylation sites is 1. The maximum atomic E-state index is 12.3. The minimum absolute atomic E-state index is 0.0812. The zero-order chi connectivity index (χ0) is 18.2. The van der Waals surface area contributed by atoms with Gasteiger partial charge in [-0.3, -0.25) is 4.79 Å². The third-order valence-corrected chi connectivity index (χ3v) is 4.08. The Morgan fingerprint density at radius 1 is 1.08 bits per heavy atom. The van der Waals surface area contributed by atoms with Gasteiger partial charge in [0, 0.05) is 12.8 Å². The first-order valence-electron chi connectivity index (χ1n) is 8.20. The second-order valence-electron chi connectivity index (χ2n) is 6.00. The average Bonchev–Trinajstić information content (AvgIpc) is 2.61. The maximum absolute atomic E-state index is 12.3. The highest BCUT2D eigenvalue weighted by molar-refractivity contribution is 5.84. The van der Waals surface area contributed by atoms with Crippen molar-refractivity contribution in [2.24, 2.45) is 0 Å². The number of rotatable bonds is 8. The molecule has 2 rings (SSSR count). The number of hydrogen-bond acceptors (Lipinski definition) is 3. The van der Waals surface area contributed by atoms with Crippen LogP contribution in [0.25, 0.3) is 0 Å². The first kappa shape index (κ1) is 18.5. The largest absolute Gasteiger partial charge is 0.496 e. The summed E-state index contributed by atoms with van der Waals surface area (Å²) in [6.45, 7) is 1.92. The van der Waals surface area contributed by atoms with E-state index in [1.165, 1.54) is 0 Å². The summed E-state index contributed by atoms with van der Waals surface area (Å²) in [6, 6.07) is 15.8. The van der Waals surface area contributed by atoms with Crippen molar-refractivity contribution in [1.82, 2.24) is 5.32 Å². The molecular formula is C20H23NO4. The van der Waals surface area contributed by atoms with Gasteiger partial charge < -0.3 is 15.2 Å². The molecule has 1 amide bonds.